The maximum atomic E-state index is 9.75. The van der Waals surface area contributed by atoms with E-state index in [4.69, 9.17) is 17.5 Å². The van der Waals surface area contributed by atoms with Gasteiger partial charge in [-0.1, -0.05) is 0 Å². The second kappa shape index (κ2) is 3.73. The van der Waals surface area contributed by atoms with Crippen LogP contribution in [0.3, 0.4) is 0 Å². The minimum absolute atomic E-state index is 5.17. The molecule has 0 atom stereocenters. The van der Waals surface area contributed by atoms with Gasteiger partial charge >= 0.3 is 7.25 Å². The van der Waals surface area contributed by atoms with Crippen LogP contribution in [0, 0.1) is 0 Å². The van der Waals surface area contributed by atoms with E-state index in [1.165, 1.54) is 0 Å². The highest BCUT2D eigenvalue weighted by Crippen LogP contribution is 2.06. The molecule has 4 nitrogen and oxygen atoms in total. The van der Waals surface area contributed by atoms with Gasteiger partial charge in [-0.15, -0.1) is 0 Å². The average Bonchev–Trinajstić information content (AvgIpc) is 1.12. The van der Waals surface area contributed by atoms with Gasteiger partial charge in [-0.05, 0) is 0 Å². The lowest BCUT2D eigenvalue weighted by Crippen LogP contribution is -2.02. The molecular weight excluding hydrogens is 183 g/mol. The van der Waals surface area contributed by atoms with E-state index in [0.29, 0.717) is 0 Å². The Morgan fingerprint density at radius 2 is 1.00 bits per heavy atom. The van der Waals surface area contributed by atoms with Crippen LogP contribution in [0.2, 0.25) is 0 Å². The maximum Gasteiger partial charge on any atom is 0.673 e. The van der Waals surface area contributed by atoms with Crippen molar-refractivity contribution in [3.8, 4) is 0 Å². The molecule has 0 bridgehead atoms. The highest BCUT2D eigenvalue weighted by atomic mass is 32.3. The molecule has 0 saturated heterocycles. The third-order valence-corrected chi connectivity index (χ3v) is 0. The third-order valence-electron chi connectivity index (χ3n) is 0. The van der Waals surface area contributed by atoms with Crippen LogP contribution < -0.4 is 0 Å². The van der Waals surface area contributed by atoms with Gasteiger partial charge in [-0.2, -0.15) is 0 Å². The Morgan fingerprint density at radius 3 is 1.00 bits per heavy atom. The molecule has 0 aliphatic carbocycles. The van der Waals surface area contributed by atoms with Crippen molar-refractivity contribution in [3.05, 3.63) is 0 Å². The zero-order valence-corrected chi connectivity index (χ0v) is 4.95. The molecule has 10 heavy (non-hydrogen) atoms. The van der Waals surface area contributed by atoms with E-state index in [0.717, 1.165) is 0 Å². The Morgan fingerprint density at radius 1 is 1.00 bits per heavy atom. The predicted molar refractivity (Wildman–Crippen MR) is 20.7 cm³/mol. The second-order valence-electron chi connectivity index (χ2n) is 0.903. The molecule has 0 heterocycles. The van der Waals surface area contributed by atoms with Crippen LogP contribution in [0.1, 0.15) is 0 Å². The summed E-state index contributed by atoms with van der Waals surface area (Å²) in [7, 11) is -11.2. The Hall–Kier alpha value is -0.345. The van der Waals surface area contributed by atoms with Crippen LogP contribution in [0.15, 0.2) is 0 Å². The van der Waals surface area contributed by atoms with Crippen molar-refractivity contribution in [2.45, 2.75) is 0 Å². The molecule has 0 aliphatic rings. The van der Waals surface area contributed by atoms with Gasteiger partial charge in [0.15, 0.2) is 0 Å². The summed E-state index contributed by atoms with van der Waals surface area (Å²) in [5.74, 6) is 0. The molecule has 10 heteroatoms. The Balaban J connectivity index is 0. The first-order valence-electron chi connectivity index (χ1n) is 1.54. The van der Waals surface area contributed by atoms with Crippen molar-refractivity contribution >= 4 is 17.7 Å². The van der Waals surface area contributed by atoms with Gasteiger partial charge in [0.1, 0.15) is 0 Å². The minimum atomic E-state index is -6.00. The number of hydrogen-bond donors (Lipinski definition) is 0. The van der Waals surface area contributed by atoms with E-state index in [2.05, 4.69) is 0 Å². The van der Waals surface area contributed by atoms with Gasteiger partial charge in [-0.3, -0.25) is 8.42 Å². The molecule has 0 amide bonds. The Labute approximate surface area is 53.5 Å². The summed E-state index contributed by atoms with van der Waals surface area (Å²) in [5.41, 5.74) is 0. The summed E-state index contributed by atoms with van der Waals surface area (Å²) in [4.78, 5) is 0. The SMILES string of the molecule is F[B-](F)(F)F.O=S(=O)([O-])[O-]. The van der Waals surface area contributed by atoms with Crippen molar-refractivity contribution < 1.29 is 34.8 Å². The van der Waals surface area contributed by atoms with Gasteiger partial charge in [0.25, 0.3) is 0 Å². The fourth-order valence-electron chi connectivity index (χ4n) is 0. The molecule has 0 saturated carbocycles. The first kappa shape index (κ1) is 12.3. The summed E-state index contributed by atoms with van der Waals surface area (Å²) in [6.45, 7) is 0. The summed E-state index contributed by atoms with van der Waals surface area (Å²) in [6.07, 6.45) is 0. The van der Waals surface area contributed by atoms with Gasteiger partial charge in [0, 0.05) is 10.4 Å². The first-order chi connectivity index (χ1) is 4.00. The third kappa shape index (κ3) is 2850. The van der Waals surface area contributed by atoms with E-state index in [1.807, 2.05) is 0 Å². The fourth-order valence-corrected chi connectivity index (χ4v) is 0. The summed E-state index contributed by atoms with van der Waals surface area (Å²) >= 11 is 0. The Bertz CT molecular complexity index is 152. The van der Waals surface area contributed by atoms with Crippen molar-refractivity contribution in [1.82, 2.24) is 0 Å². The highest BCUT2D eigenvalue weighted by Gasteiger charge is 2.20. The topological polar surface area (TPSA) is 80.3 Å². The molecule has 0 rings (SSSR count). The van der Waals surface area contributed by atoms with Crippen molar-refractivity contribution in [2.75, 3.05) is 0 Å². The summed E-state index contributed by atoms with van der Waals surface area (Å²) in [6, 6.07) is 0. The largest absolute Gasteiger partial charge is 0.759 e. The molecule has 0 fully saturated rings. The lowest BCUT2D eigenvalue weighted by molar-refractivity contribution is 0.352. The van der Waals surface area contributed by atoms with Crippen LogP contribution in [0.5, 0.6) is 0 Å². The van der Waals surface area contributed by atoms with E-state index >= 15 is 0 Å². The summed E-state index contributed by atoms with van der Waals surface area (Å²) in [5, 5.41) is 0. The maximum absolute atomic E-state index is 9.75. The summed E-state index contributed by atoms with van der Waals surface area (Å²) < 4.78 is 73.1. The van der Waals surface area contributed by atoms with Gasteiger partial charge in [0.2, 0.25) is 0 Å². The quantitative estimate of drug-likeness (QED) is 0.228. The fraction of sp³-hybridized carbons (Fsp3) is 0. The zero-order chi connectivity index (χ0) is 9.00. The van der Waals surface area contributed by atoms with Crippen LogP contribution >= 0.6 is 0 Å². The molecular formula is BF4O4S-3. The van der Waals surface area contributed by atoms with E-state index in [1.54, 1.807) is 0 Å². The molecule has 0 aromatic heterocycles. The zero-order valence-electron chi connectivity index (χ0n) is 4.13. The molecule has 0 unspecified atom stereocenters. The minimum Gasteiger partial charge on any atom is -0.759 e. The number of hydrogen-bond acceptors (Lipinski definition) is 4. The molecule has 0 spiro atoms. The molecule has 0 aliphatic heterocycles. The number of halogens is 4. The van der Waals surface area contributed by atoms with Crippen molar-refractivity contribution in [3.63, 3.8) is 0 Å². The molecule has 0 aromatic carbocycles. The monoisotopic (exact) mass is 183 g/mol. The highest BCUT2D eigenvalue weighted by molar-refractivity contribution is 7.79. The second-order valence-corrected chi connectivity index (χ2v) is 1.72. The molecule has 0 radical (unpaired) electrons. The van der Waals surface area contributed by atoms with Crippen LogP contribution in [-0.4, -0.2) is 24.8 Å². The van der Waals surface area contributed by atoms with Gasteiger partial charge < -0.3 is 26.4 Å². The predicted octanol–water partition coefficient (Wildman–Crippen LogP) is -0.0380. The molecule has 0 N–H and O–H groups in total. The van der Waals surface area contributed by atoms with Crippen LogP contribution in [-0.2, 0) is 10.4 Å². The van der Waals surface area contributed by atoms with E-state index < -0.39 is 17.7 Å². The Kier molecular flexibility index (Phi) is 4.61. The molecule has 64 valence electrons. The lowest BCUT2D eigenvalue weighted by Gasteiger charge is -2.06. The van der Waals surface area contributed by atoms with Crippen molar-refractivity contribution in [2.24, 2.45) is 0 Å². The van der Waals surface area contributed by atoms with Crippen LogP contribution in [0.4, 0.5) is 17.3 Å². The standard InChI is InChI=1S/BF4.H2O4S/c2-1(3,4)5;1-5(2,3)4/h;(H2,1,2,3,4)/q-1;/p-2. The number of rotatable bonds is 0. The molecule has 0 aromatic rings. The van der Waals surface area contributed by atoms with E-state index in [-0.39, 0.29) is 0 Å². The average molecular weight is 183 g/mol. The smallest absolute Gasteiger partial charge is 0.673 e. The van der Waals surface area contributed by atoms with Crippen LogP contribution in [0.25, 0.3) is 0 Å². The van der Waals surface area contributed by atoms with Gasteiger partial charge in [-0.25, -0.2) is 0 Å². The van der Waals surface area contributed by atoms with Gasteiger partial charge in [0.05, 0.1) is 0 Å². The lowest BCUT2D eigenvalue weighted by atomic mass is 10.3. The van der Waals surface area contributed by atoms with Crippen molar-refractivity contribution in [1.29, 1.82) is 0 Å². The van der Waals surface area contributed by atoms with E-state index in [9.17, 15) is 17.3 Å². The first-order valence-corrected chi connectivity index (χ1v) is 2.87. The normalized spacial score (nSPS) is 11.8.